The minimum Gasteiger partial charge on any atom is -0.507 e. The van der Waals surface area contributed by atoms with E-state index in [9.17, 15) is 19.1 Å². The number of carbonyl (C=O) groups excluding carboxylic acids is 2. The first-order valence-electron chi connectivity index (χ1n) is 11.5. The number of fused-ring (bicyclic) bond motifs is 1. The predicted molar refractivity (Wildman–Crippen MR) is 140 cm³/mol. The number of anilines is 1. The van der Waals surface area contributed by atoms with Crippen molar-refractivity contribution in [2.75, 3.05) is 12.0 Å². The predicted octanol–water partition coefficient (Wildman–Crippen LogP) is 5.86. The van der Waals surface area contributed by atoms with E-state index in [2.05, 4.69) is 4.98 Å². The summed E-state index contributed by atoms with van der Waals surface area (Å²) in [7, 11) is 1.51. The van der Waals surface area contributed by atoms with Crippen LogP contribution in [0.5, 0.6) is 11.5 Å². The molecule has 0 spiro atoms. The van der Waals surface area contributed by atoms with Crippen LogP contribution in [0.15, 0.2) is 72.3 Å². The number of methoxy groups -OCH3 is 1. The first-order valence-corrected chi connectivity index (χ1v) is 12.4. The molecule has 0 radical (unpaired) electrons. The van der Waals surface area contributed by atoms with E-state index >= 15 is 0 Å². The lowest BCUT2D eigenvalue weighted by Crippen LogP contribution is -2.29. The minimum atomic E-state index is -0.980. The van der Waals surface area contributed by atoms with Gasteiger partial charge in [0.1, 0.15) is 23.1 Å². The number of rotatable bonds is 6. The number of ether oxygens (including phenoxy) is 2. The Morgan fingerprint density at radius 1 is 1.05 bits per heavy atom. The molecular formula is C28H23FN2O5S. The van der Waals surface area contributed by atoms with E-state index in [1.807, 2.05) is 13.8 Å². The van der Waals surface area contributed by atoms with Gasteiger partial charge in [-0.2, -0.15) is 0 Å². The van der Waals surface area contributed by atoms with Crippen LogP contribution in [0.3, 0.4) is 0 Å². The highest BCUT2D eigenvalue weighted by Crippen LogP contribution is 2.45. The summed E-state index contributed by atoms with van der Waals surface area (Å²) in [6, 6.07) is 16.7. The number of Topliss-reactive ketones (excluding diaryl/α,β-unsaturated/α-hetero) is 1. The normalized spacial score (nSPS) is 17.1. The van der Waals surface area contributed by atoms with Gasteiger partial charge in [-0.1, -0.05) is 23.5 Å². The number of nitrogens with zero attached hydrogens (tertiary/aromatic N) is 2. The first-order chi connectivity index (χ1) is 17.8. The number of carbonyl (C=O) groups is 2. The van der Waals surface area contributed by atoms with Gasteiger partial charge in [0.25, 0.3) is 5.78 Å². The summed E-state index contributed by atoms with van der Waals surface area (Å²) >= 11 is 1.09. The molecule has 1 aliphatic heterocycles. The fourth-order valence-corrected chi connectivity index (χ4v) is 5.28. The van der Waals surface area contributed by atoms with Crippen molar-refractivity contribution in [2.24, 2.45) is 0 Å². The average Bonchev–Trinajstić information content (AvgIpc) is 3.41. The molecule has 1 N–H and O–H groups in total. The van der Waals surface area contributed by atoms with Crippen molar-refractivity contribution in [1.82, 2.24) is 4.98 Å². The van der Waals surface area contributed by atoms with E-state index in [1.54, 1.807) is 48.5 Å². The molecule has 1 aromatic heterocycles. The molecule has 9 heteroatoms. The van der Waals surface area contributed by atoms with E-state index < -0.39 is 23.5 Å². The molecule has 3 aromatic carbocycles. The standard InChI is InChI=1S/C28H23FN2O5S/c1-15(2)36-19-10-7-16(8-11-19)25(32)23-24(17-5-4-6-20(13-17)35-3)31(27(34)26(23)33)28-30-21-12-9-18(29)14-22(21)37-28/h4-15,24,32H,1-3H3/b25-23+. The molecule has 1 atom stereocenters. The van der Waals surface area contributed by atoms with Crippen molar-refractivity contribution in [3.8, 4) is 11.5 Å². The summed E-state index contributed by atoms with van der Waals surface area (Å²) in [5.41, 5.74) is 1.31. The zero-order chi connectivity index (χ0) is 26.3. The second-order valence-corrected chi connectivity index (χ2v) is 9.75. The number of hydrogen-bond acceptors (Lipinski definition) is 7. The van der Waals surface area contributed by atoms with Crippen LogP contribution in [0, 0.1) is 5.82 Å². The van der Waals surface area contributed by atoms with E-state index in [-0.39, 0.29) is 22.6 Å². The van der Waals surface area contributed by atoms with Gasteiger partial charge in [0.15, 0.2) is 5.13 Å². The smallest absolute Gasteiger partial charge is 0.301 e. The molecule has 1 aliphatic rings. The summed E-state index contributed by atoms with van der Waals surface area (Å²) in [6.45, 7) is 3.81. The second-order valence-electron chi connectivity index (χ2n) is 8.75. The molecule has 0 saturated carbocycles. The molecule has 37 heavy (non-hydrogen) atoms. The molecule has 1 amide bonds. The highest BCUT2D eigenvalue weighted by atomic mass is 32.1. The van der Waals surface area contributed by atoms with E-state index in [0.29, 0.717) is 32.8 Å². The van der Waals surface area contributed by atoms with E-state index in [4.69, 9.17) is 9.47 Å². The SMILES string of the molecule is COc1cccc(C2/C(=C(\O)c3ccc(OC(C)C)cc3)C(=O)C(=O)N2c2nc3ccc(F)cc3s2)c1. The molecule has 1 saturated heterocycles. The molecule has 188 valence electrons. The molecule has 0 bridgehead atoms. The van der Waals surface area contributed by atoms with Crippen LogP contribution in [0.2, 0.25) is 0 Å². The van der Waals surface area contributed by atoms with Crippen molar-refractivity contribution in [3.63, 3.8) is 0 Å². The number of halogens is 1. The molecule has 0 aliphatic carbocycles. The summed E-state index contributed by atoms with van der Waals surface area (Å²) in [6.07, 6.45) is -0.0277. The minimum absolute atomic E-state index is 0.0277. The van der Waals surface area contributed by atoms with Crippen molar-refractivity contribution in [1.29, 1.82) is 0 Å². The quantitative estimate of drug-likeness (QED) is 0.195. The maximum Gasteiger partial charge on any atom is 0.301 e. The molecule has 4 aromatic rings. The van der Waals surface area contributed by atoms with Gasteiger partial charge in [0.05, 0.1) is 35.0 Å². The lowest BCUT2D eigenvalue weighted by molar-refractivity contribution is -0.132. The molecule has 7 nitrogen and oxygen atoms in total. The van der Waals surface area contributed by atoms with Crippen LogP contribution in [-0.2, 0) is 9.59 Å². The van der Waals surface area contributed by atoms with Crippen LogP contribution in [0.4, 0.5) is 9.52 Å². The van der Waals surface area contributed by atoms with Gasteiger partial charge in [-0.15, -0.1) is 0 Å². The second kappa shape index (κ2) is 9.67. The van der Waals surface area contributed by atoms with Crippen molar-refractivity contribution >= 4 is 44.1 Å². The van der Waals surface area contributed by atoms with Gasteiger partial charge < -0.3 is 14.6 Å². The van der Waals surface area contributed by atoms with Crippen molar-refractivity contribution in [2.45, 2.75) is 26.0 Å². The summed E-state index contributed by atoms with van der Waals surface area (Å²) in [5.74, 6) is -1.31. The summed E-state index contributed by atoms with van der Waals surface area (Å²) in [5, 5.41) is 11.5. The Kier molecular flexibility index (Phi) is 6.39. The zero-order valence-electron chi connectivity index (χ0n) is 20.3. The molecular weight excluding hydrogens is 495 g/mol. The Bertz CT molecular complexity index is 1540. The monoisotopic (exact) mass is 518 g/mol. The van der Waals surface area contributed by atoms with Gasteiger partial charge in [0.2, 0.25) is 0 Å². The zero-order valence-corrected chi connectivity index (χ0v) is 21.1. The third-order valence-corrected chi connectivity index (χ3v) is 6.92. The lowest BCUT2D eigenvalue weighted by Gasteiger charge is -2.23. The Hall–Kier alpha value is -4.24. The Morgan fingerprint density at radius 2 is 1.81 bits per heavy atom. The van der Waals surface area contributed by atoms with E-state index in [1.165, 1.54) is 30.2 Å². The topological polar surface area (TPSA) is 89.0 Å². The summed E-state index contributed by atoms with van der Waals surface area (Å²) in [4.78, 5) is 32.5. The fraction of sp³-hybridized carbons (Fsp3) is 0.179. The van der Waals surface area contributed by atoms with Gasteiger partial charge in [-0.05, 0) is 74.0 Å². The van der Waals surface area contributed by atoms with Crippen LogP contribution in [0.25, 0.3) is 16.0 Å². The number of aliphatic hydroxyl groups excluding tert-OH is 1. The molecule has 1 fully saturated rings. The highest BCUT2D eigenvalue weighted by molar-refractivity contribution is 7.22. The number of aliphatic hydroxyl groups is 1. The Labute approximate surface area is 216 Å². The fourth-order valence-electron chi connectivity index (χ4n) is 4.27. The Balaban J connectivity index is 1.67. The van der Waals surface area contributed by atoms with Crippen LogP contribution in [0.1, 0.15) is 31.0 Å². The maximum absolute atomic E-state index is 13.8. The lowest BCUT2D eigenvalue weighted by atomic mass is 9.95. The number of thiazole rings is 1. The average molecular weight is 519 g/mol. The van der Waals surface area contributed by atoms with Crippen LogP contribution < -0.4 is 14.4 Å². The van der Waals surface area contributed by atoms with Crippen LogP contribution >= 0.6 is 11.3 Å². The van der Waals surface area contributed by atoms with Crippen molar-refractivity contribution in [3.05, 3.63) is 89.2 Å². The molecule has 2 heterocycles. The van der Waals surface area contributed by atoms with Crippen LogP contribution in [-0.4, -0.2) is 35.0 Å². The maximum atomic E-state index is 13.8. The number of amides is 1. The third kappa shape index (κ3) is 4.53. The van der Waals surface area contributed by atoms with Gasteiger partial charge >= 0.3 is 5.91 Å². The molecule has 5 rings (SSSR count). The highest BCUT2D eigenvalue weighted by Gasteiger charge is 2.48. The number of aromatic nitrogens is 1. The largest absolute Gasteiger partial charge is 0.507 e. The number of benzene rings is 3. The van der Waals surface area contributed by atoms with E-state index in [0.717, 1.165) is 11.3 Å². The van der Waals surface area contributed by atoms with Gasteiger partial charge in [-0.25, -0.2) is 9.37 Å². The Morgan fingerprint density at radius 3 is 2.51 bits per heavy atom. The molecule has 1 unspecified atom stereocenters. The van der Waals surface area contributed by atoms with Gasteiger partial charge in [-0.3, -0.25) is 14.5 Å². The number of ketones is 1. The third-order valence-electron chi connectivity index (χ3n) is 5.90. The summed E-state index contributed by atoms with van der Waals surface area (Å²) < 4.78 is 25.4. The van der Waals surface area contributed by atoms with Crippen molar-refractivity contribution < 1.29 is 28.6 Å². The first kappa shape index (κ1) is 24.5. The number of hydrogen-bond donors (Lipinski definition) is 1. The van der Waals surface area contributed by atoms with Gasteiger partial charge in [0, 0.05) is 5.56 Å².